The van der Waals surface area contributed by atoms with Crippen LogP contribution < -0.4 is 14.8 Å². The van der Waals surface area contributed by atoms with E-state index in [1.807, 2.05) is 0 Å². The first-order valence-corrected chi connectivity index (χ1v) is 11.9. The number of rotatable bonds is 9. The van der Waals surface area contributed by atoms with Crippen molar-refractivity contribution in [3.05, 3.63) is 54.4 Å². The molecule has 0 saturated carbocycles. The summed E-state index contributed by atoms with van der Waals surface area (Å²) in [5.41, 5.74) is 0.281. The topological polar surface area (TPSA) is 112 Å². The SMILES string of the molecule is CCS(=O)(=O)c1ccc(Oc2cc(O[C@@H](C)CCl)cc(C(=O)Nc3ccn(C)n3)c2)cn1. The Morgan fingerprint density at radius 3 is 2.53 bits per heavy atom. The zero-order valence-corrected chi connectivity index (χ0v) is 19.4. The first-order valence-electron chi connectivity index (χ1n) is 9.75. The third kappa shape index (κ3) is 5.98. The van der Waals surface area contributed by atoms with Crippen LogP contribution in [0, 0.1) is 0 Å². The van der Waals surface area contributed by atoms with E-state index in [9.17, 15) is 13.2 Å². The molecule has 170 valence electrons. The maximum atomic E-state index is 12.7. The molecule has 0 aliphatic rings. The molecular formula is C21H23ClN4O5S. The van der Waals surface area contributed by atoms with E-state index in [0.29, 0.717) is 23.1 Å². The third-order valence-electron chi connectivity index (χ3n) is 4.30. The minimum Gasteiger partial charge on any atom is -0.489 e. The molecule has 9 nitrogen and oxygen atoms in total. The predicted octanol–water partition coefficient (Wildman–Crippen LogP) is 3.66. The number of carbonyl (C=O) groups excluding carboxylic acids is 1. The minimum atomic E-state index is -3.42. The van der Waals surface area contributed by atoms with Crippen molar-refractivity contribution in [1.82, 2.24) is 14.8 Å². The number of pyridine rings is 1. The van der Waals surface area contributed by atoms with Crippen LogP contribution in [0.15, 0.2) is 53.8 Å². The molecule has 3 aromatic rings. The van der Waals surface area contributed by atoms with E-state index in [0.717, 1.165) is 0 Å². The normalized spacial score (nSPS) is 12.2. The predicted molar refractivity (Wildman–Crippen MR) is 120 cm³/mol. The van der Waals surface area contributed by atoms with Gasteiger partial charge in [0.1, 0.15) is 23.4 Å². The van der Waals surface area contributed by atoms with Crippen molar-refractivity contribution < 1.29 is 22.7 Å². The second-order valence-electron chi connectivity index (χ2n) is 6.94. The van der Waals surface area contributed by atoms with Gasteiger partial charge in [0.05, 0.1) is 17.8 Å². The average Bonchev–Trinajstić information content (AvgIpc) is 3.18. The number of alkyl halides is 1. The molecule has 32 heavy (non-hydrogen) atoms. The molecule has 1 amide bonds. The van der Waals surface area contributed by atoms with Crippen LogP contribution in [0.4, 0.5) is 5.82 Å². The molecule has 0 saturated heterocycles. The van der Waals surface area contributed by atoms with Crippen LogP contribution in [0.25, 0.3) is 0 Å². The Morgan fingerprint density at radius 2 is 1.94 bits per heavy atom. The van der Waals surface area contributed by atoms with Gasteiger partial charge in [-0.05, 0) is 31.2 Å². The van der Waals surface area contributed by atoms with Crippen molar-refractivity contribution in [3.63, 3.8) is 0 Å². The number of carbonyl (C=O) groups is 1. The van der Waals surface area contributed by atoms with Gasteiger partial charge in [-0.3, -0.25) is 9.48 Å². The fourth-order valence-electron chi connectivity index (χ4n) is 2.66. The summed E-state index contributed by atoms with van der Waals surface area (Å²) in [6.45, 7) is 3.34. The third-order valence-corrected chi connectivity index (χ3v) is 6.37. The Morgan fingerprint density at radius 1 is 1.19 bits per heavy atom. The fourth-order valence-corrected chi connectivity index (χ4v) is 3.51. The Hall–Kier alpha value is -3.11. The largest absolute Gasteiger partial charge is 0.489 e. The number of nitrogens with zero attached hydrogens (tertiary/aromatic N) is 3. The number of hydrogen-bond acceptors (Lipinski definition) is 7. The number of anilines is 1. The number of ether oxygens (including phenoxy) is 2. The highest BCUT2D eigenvalue weighted by molar-refractivity contribution is 7.91. The molecule has 1 N–H and O–H groups in total. The second-order valence-corrected chi connectivity index (χ2v) is 9.48. The minimum absolute atomic E-state index is 0.0317. The molecule has 0 fully saturated rings. The van der Waals surface area contributed by atoms with Crippen LogP contribution in [0.2, 0.25) is 0 Å². The highest BCUT2D eigenvalue weighted by atomic mass is 35.5. The molecule has 1 aromatic carbocycles. The van der Waals surface area contributed by atoms with Crippen LogP contribution in [-0.2, 0) is 16.9 Å². The molecule has 0 bridgehead atoms. The Balaban J connectivity index is 1.87. The number of sulfone groups is 1. The number of amides is 1. The summed E-state index contributed by atoms with van der Waals surface area (Å²) >= 11 is 5.84. The Bertz CT molecular complexity index is 1200. The Kier molecular flexibility index (Phi) is 7.37. The van der Waals surface area contributed by atoms with Crippen molar-refractivity contribution in [1.29, 1.82) is 0 Å². The zero-order valence-electron chi connectivity index (χ0n) is 17.8. The van der Waals surface area contributed by atoms with Gasteiger partial charge in [-0.25, -0.2) is 13.4 Å². The molecule has 11 heteroatoms. The number of nitrogens with one attached hydrogen (secondary N) is 1. The summed E-state index contributed by atoms with van der Waals surface area (Å²) in [6.07, 6.45) is 2.73. The molecule has 0 aliphatic carbocycles. The first-order chi connectivity index (χ1) is 15.2. The van der Waals surface area contributed by atoms with Crippen LogP contribution >= 0.6 is 11.6 Å². The van der Waals surface area contributed by atoms with Crippen LogP contribution in [-0.4, -0.2) is 46.8 Å². The van der Waals surface area contributed by atoms with Crippen molar-refractivity contribution in [2.45, 2.75) is 25.0 Å². The molecular weight excluding hydrogens is 456 g/mol. The first kappa shape index (κ1) is 23.6. The zero-order chi connectivity index (χ0) is 23.3. The van der Waals surface area contributed by atoms with Gasteiger partial charge >= 0.3 is 0 Å². The average molecular weight is 479 g/mol. The monoisotopic (exact) mass is 478 g/mol. The lowest BCUT2D eigenvalue weighted by atomic mass is 10.2. The summed E-state index contributed by atoms with van der Waals surface area (Å²) in [4.78, 5) is 16.7. The summed E-state index contributed by atoms with van der Waals surface area (Å²) in [7, 11) is -1.67. The Labute approximate surface area is 191 Å². The van der Waals surface area contributed by atoms with Gasteiger partial charge in [-0.1, -0.05) is 6.92 Å². The molecule has 0 unspecified atom stereocenters. The quantitative estimate of drug-likeness (QED) is 0.467. The van der Waals surface area contributed by atoms with E-state index < -0.39 is 15.7 Å². The van der Waals surface area contributed by atoms with Gasteiger partial charge < -0.3 is 14.8 Å². The number of benzene rings is 1. The van der Waals surface area contributed by atoms with Crippen LogP contribution in [0.5, 0.6) is 17.2 Å². The highest BCUT2D eigenvalue weighted by Gasteiger charge is 2.16. The molecule has 0 radical (unpaired) electrons. The smallest absolute Gasteiger partial charge is 0.257 e. The summed E-state index contributed by atoms with van der Waals surface area (Å²) in [6, 6.07) is 9.26. The highest BCUT2D eigenvalue weighted by Crippen LogP contribution is 2.29. The van der Waals surface area contributed by atoms with Gasteiger partial charge in [-0.2, -0.15) is 5.10 Å². The maximum absolute atomic E-state index is 12.7. The summed E-state index contributed by atoms with van der Waals surface area (Å²) < 4.78 is 37.0. The number of hydrogen-bond donors (Lipinski definition) is 1. The standard InChI is InChI=1S/C21H23ClN4O5S/c1-4-32(28,29)20-6-5-16(13-23-20)31-18-10-15(9-17(11-18)30-14(2)12-22)21(27)24-19-7-8-26(3)25-19/h5-11,13-14H,4,12H2,1-3H3,(H,24,25,27)/t14-/m0/s1. The lowest BCUT2D eigenvalue weighted by Crippen LogP contribution is -2.15. The number of aromatic nitrogens is 3. The molecule has 0 aliphatic heterocycles. The van der Waals surface area contributed by atoms with Gasteiger partial charge in [-0.15, -0.1) is 11.6 Å². The molecule has 0 spiro atoms. The van der Waals surface area contributed by atoms with E-state index in [-0.39, 0.29) is 28.3 Å². The van der Waals surface area contributed by atoms with Crippen molar-refractivity contribution in [3.8, 4) is 17.2 Å². The van der Waals surface area contributed by atoms with Gasteiger partial charge in [0, 0.05) is 30.9 Å². The number of halogens is 1. The van der Waals surface area contributed by atoms with Crippen LogP contribution in [0.3, 0.4) is 0 Å². The van der Waals surface area contributed by atoms with E-state index in [4.69, 9.17) is 21.1 Å². The molecule has 2 heterocycles. The fraction of sp³-hybridized carbons (Fsp3) is 0.286. The number of aryl methyl sites for hydroxylation is 1. The molecule has 2 aromatic heterocycles. The van der Waals surface area contributed by atoms with Crippen LogP contribution in [0.1, 0.15) is 24.2 Å². The molecule has 3 rings (SSSR count). The second kappa shape index (κ2) is 10.0. The van der Waals surface area contributed by atoms with E-state index in [1.165, 1.54) is 24.4 Å². The maximum Gasteiger partial charge on any atom is 0.257 e. The van der Waals surface area contributed by atoms with Gasteiger partial charge in [0.25, 0.3) is 5.91 Å². The lowest BCUT2D eigenvalue weighted by molar-refractivity contribution is 0.102. The van der Waals surface area contributed by atoms with Crippen molar-refractivity contribution in [2.75, 3.05) is 16.9 Å². The van der Waals surface area contributed by atoms with E-state index in [1.54, 1.807) is 50.0 Å². The molecule has 1 atom stereocenters. The summed E-state index contributed by atoms with van der Waals surface area (Å²) in [5, 5.41) is 6.81. The van der Waals surface area contributed by atoms with Crippen molar-refractivity contribution in [2.24, 2.45) is 7.05 Å². The van der Waals surface area contributed by atoms with Gasteiger partial charge in [0.15, 0.2) is 20.7 Å². The lowest BCUT2D eigenvalue weighted by Gasteiger charge is -2.15. The van der Waals surface area contributed by atoms with Crippen molar-refractivity contribution >= 4 is 33.2 Å². The summed E-state index contributed by atoms with van der Waals surface area (Å²) in [5.74, 6) is 1.21. The van der Waals surface area contributed by atoms with Gasteiger partial charge in [0.2, 0.25) is 0 Å². The van der Waals surface area contributed by atoms with E-state index in [2.05, 4.69) is 15.4 Å². The van der Waals surface area contributed by atoms with E-state index >= 15 is 0 Å².